The molecule has 2 aliphatic rings. The summed E-state index contributed by atoms with van der Waals surface area (Å²) in [5.74, 6) is 0.426. The van der Waals surface area contributed by atoms with Gasteiger partial charge < -0.3 is 10.2 Å². The number of aromatic amines is 1. The van der Waals surface area contributed by atoms with E-state index in [1.165, 1.54) is 0 Å². The van der Waals surface area contributed by atoms with Gasteiger partial charge in [0.1, 0.15) is 5.82 Å². The molecular weight excluding hydrogens is 409 g/mol. The first-order chi connectivity index (χ1) is 14.5. The number of hydrogen-bond donors (Lipinski definition) is 2. The van der Waals surface area contributed by atoms with Gasteiger partial charge in [0.2, 0.25) is 5.91 Å². The third-order valence-corrected chi connectivity index (χ3v) is 6.61. The number of H-pyrrole nitrogens is 1. The molecule has 2 aromatic rings. The number of likely N-dealkylation sites (tertiary alicyclic amines) is 1. The highest BCUT2D eigenvalue weighted by Gasteiger charge is 2.47. The van der Waals surface area contributed by atoms with E-state index in [1.807, 2.05) is 27.7 Å². The Kier molecular flexibility index (Phi) is 5.51. The van der Waals surface area contributed by atoms with Gasteiger partial charge in [0.25, 0.3) is 0 Å². The van der Waals surface area contributed by atoms with E-state index in [4.69, 9.17) is 0 Å². The van der Waals surface area contributed by atoms with Crippen LogP contribution in [0.3, 0.4) is 0 Å². The van der Waals surface area contributed by atoms with E-state index < -0.39 is 12.2 Å². The Morgan fingerprint density at radius 2 is 2.06 bits per heavy atom. The fourth-order valence-electron chi connectivity index (χ4n) is 4.58. The van der Waals surface area contributed by atoms with Crippen molar-refractivity contribution in [3.63, 3.8) is 0 Å². The van der Waals surface area contributed by atoms with Gasteiger partial charge in [-0.25, -0.2) is 4.68 Å². The Hall–Kier alpha value is -2.52. The number of carbonyl (C=O) groups excluding carboxylic acids is 1. The molecule has 2 aromatic heterocycles. The average molecular weight is 438 g/mol. The fourth-order valence-corrected chi connectivity index (χ4v) is 4.58. The van der Waals surface area contributed by atoms with Crippen LogP contribution in [-0.4, -0.2) is 56.1 Å². The highest BCUT2D eigenvalue weighted by atomic mass is 19.4. The molecule has 0 unspecified atom stereocenters. The van der Waals surface area contributed by atoms with E-state index in [0.29, 0.717) is 31.0 Å². The summed E-state index contributed by atoms with van der Waals surface area (Å²) in [6.07, 6.45) is -3.43. The third kappa shape index (κ3) is 4.16. The summed E-state index contributed by atoms with van der Waals surface area (Å²) in [4.78, 5) is 14.6. The molecule has 0 bridgehead atoms. The van der Waals surface area contributed by atoms with E-state index in [0.717, 1.165) is 21.6 Å². The first-order valence-corrected chi connectivity index (χ1v) is 10.8. The number of alkyl halides is 3. The molecule has 2 N–H and O–H groups in total. The van der Waals surface area contributed by atoms with Crippen LogP contribution in [0.1, 0.15) is 61.3 Å². The number of halogens is 3. The summed E-state index contributed by atoms with van der Waals surface area (Å²) in [6.45, 7) is 8.63. The molecule has 0 spiro atoms. The van der Waals surface area contributed by atoms with Crippen LogP contribution in [0.25, 0.3) is 0 Å². The zero-order chi connectivity index (χ0) is 22.5. The summed E-state index contributed by atoms with van der Waals surface area (Å²) in [7, 11) is 0. The summed E-state index contributed by atoms with van der Waals surface area (Å²) in [5, 5.41) is 14.6. The molecule has 1 amide bonds. The fraction of sp³-hybridized carbons (Fsp3) is 0.667. The molecule has 1 saturated heterocycles. The standard InChI is InChI=1S/C21H29F3N6O/c1-11(2)16-8-18(21(22,23)24)30-19(25-16)9-17(28-30)14-5-6-29(10-14)20(31)7-15-12(3)26-27-13(15)4/h9,11,14,16,18,25H,5-8,10H2,1-4H3,(H,26,27)/t14-,16+,18-/m1/s1. The van der Waals surface area contributed by atoms with Gasteiger partial charge in [-0.3, -0.25) is 9.89 Å². The Morgan fingerprint density at radius 1 is 1.32 bits per heavy atom. The van der Waals surface area contributed by atoms with E-state index in [2.05, 4.69) is 20.6 Å². The maximum atomic E-state index is 13.7. The zero-order valence-corrected chi connectivity index (χ0v) is 18.3. The molecule has 10 heteroatoms. The van der Waals surface area contributed by atoms with Gasteiger partial charge in [-0.1, -0.05) is 13.8 Å². The predicted octanol–water partition coefficient (Wildman–Crippen LogP) is 3.73. The van der Waals surface area contributed by atoms with Crippen LogP contribution in [-0.2, 0) is 11.2 Å². The summed E-state index contributed by atoms with van der Waals surface area (Å²) in [6, 6.07) is -0.154. The molecule has 0 aromatic carbocycles. The van der Waals surface area contributed by atoms with Crippen LogP contribution in [0.5, 0.6) is 0 Å². The van der Waals surface area contributed by atoms with Crippen LogP contribution >= 0.6 is 0 Å². The molecule has 0 radical (unpaired) electrons. The van der Waals surface area contributed by atoms with Gasteiger partial charge in [-0.15, -0.1) is 0 Å². The third-order valence-electron chi connectivity index (χ3n) is 6.61. The molecule has 3 atom stereocenters. The minimum absolute atomic E-state index is 0.00485. The zero-order valence-electron chi connectivity index (χ0n) is 18.3. The van der Waals surface area contributed by atoms with Gasteiger partial charge >= 0.3 is 6.18 Å². The van der Waals surface area contributed by atoms with Crippen molar-refractivity contribution >= 4 is 11.7 Å². The van der Waals surface area contributed by atoms with Gasteiger partial charge in [-0.05, 0) is 32.6 Å². The van der Waals surface area contributed by atoms with Gasteiger partial charge in [-0.2, -0.15) is 23.4 Å². The first-order valence-electron chi connectivity index (χ1n) is 10.8. The number of fused-ring (bicyclic) bond motifs is 1. The van der Waals surface area contributed by atoms with Crippen molar-refractivity contribution in [3.05, 3.63) is 28.7 Å². The second kappa shape index (κ2) is 7.87. The lowest BCUT2D eigenvalue weighted by atomic mass is 9.94. The SMILES string of the molecule is Cc1n[nH]c(C)c1CC(=O)N1CC[C@@H](c2cc3n(n2)[C@@H](C(F)(F)F)C[C@@H](C(C)C)N3)C1. The van der Waals surface area contributed by atoms with Crippen LogP contribution in [0.15, 0.2) is 6.07 Å². The second-order valence-electron chi connectivity index (χ2n) is 9.10. The van der Waals surface area contributed by atoms with Gasteiger partial charge in [0.15, 0.2) is 6.04 Å². The average Bonchev–Trinajstić information content (AvgIpc) is 3.40. The Morgan fingerprint density at radius 3 is 2.68 bits per heavy atom. The van der Waals surface area contributed by atoms with Crippen molar-refractivity contribution in [2.24, 2.45) is 5.92 Å². The lowest BCUT2D eigenvalue weighted by molar-refractivity contribution is -0.174. The van der Waals surface area contributed by atoms with E-state index in [9.17, 15) is 18.0 Å². The first kappa shape index (κ1) is 21.7. The number of rotatable bonds is 4. The molecule has 4 rings (SSSR count). The van der Waals surface area contributed by atoms with Crippen molar-refractivity contribution in [2.75, 3.05) is 18.4 Å². The molecule has 7 nitrogen and oxygen atoms in total. The molecule has 0 saturated carbocycles. The van der Waals surface area contributed by atoms with E-state index in [-0.39, 0.29) is 36.6 Å². The van der Waals surface area contributed by atoms with Gasteiger partial charge in [0.05, 0.1) is 17.8 Å². The smallest absolute Gasteiger partial charge is 0.367 e. The van der Waals surface area contributed by atoms with Crippen LogP contribution in [0.4, 0.5) is 19.0 Å². The number of amides is 1. The summed E-state index contributed by atoms with van der Waals surface area (Å²) in [5.41, 5.74) is 3.22. The van der Waals surface area contributed by atoms with Crippen molar-refractivity contribution in [3.8, 4) is 0 Å². The highest BCUT2D eigenvalue weighted by Crippen LogP contribution is 2.42. The Bertz CT molecular complexity index is 943. The minimum Gasteiger partial charge on any atom is -0.367 e. The molecular formula is C21H29F3N6O. The van der Waals surface area contributed by atoms with E-state index >= 15 is 0 Å². The second-order valence-corrected chi connectivity index (χ2v) is 9.10. The summed E-state index contributed by atoms with van der Waals surface area (Å²) < 4.78 is 42.2. The Labute approximate surface area is 179 Å². The molecule has 31 heavy (non-hydrogen) atoms. The highest BCUT2D eigenvalue weighted by molar-refractivity contribution is 5.79. The van der Waals surface area contributed by atoms with E-state index in [1.54, 1.807) is 11.0 Å². The number of anilines is 1. The molecule has 0 aliphatic carbocycles. The number of carbonyl (C=O) groups is 1. The quantitative estimate of drug-likeness (QED) is 0.763. The maximum absolute atomic E-state index is 13.7. The van der Waals surface area contributed by atoms with Gasteiger partial charge in [0, 0.05) is 42.4 Å². The molecule has 4 heterocycles. The number of nitrogens with one attached hydrogen (secondary N) is 2. The Balaban J connectivity index is 1.50. The number of aromatic nitrogens is 4. The van der Waals surface area contributed by atoms with Crippen molar-refractivity contribution in [1.29, 1.82) is 0 Å². The monoisotopic (exact) mass is 438 g/mol. The lowest BCUT2D eigenvalue weighted by Gasteiger charge is -2.35. The molecule has 170 valence electrons. The van der Waals surface area contributed by atoms with Crippen LogP contribution < -0.4 is 5.32 Å². The number of aryl methyl sites for hydroxylation is 2. The summed E-state index contributed by atoms with van der Waals surface area (Å²) >= 11 is 0. The minimum atomic E-state index is -4.36. The largest absolute Gasteiger partial charge is 0.410 e. The van der Waals surface area contributed by atoms with Crippen LogP contribution in [0.2, 0.25) is 0 Å². The molecule has 2 aliphatic heterocycles. The topological polar surface area (TPSA) is 78.8 Å². The number of hydrogen-bond acceptors (Lipinski definition) is 4. The van der Waals surface area contributed by atoms with Crippen molar-refractivity contribution in [1.82, 2.24) is 24.9 Å². The van der Waals surface area contributed by atoms with Crippen LogP contribution in [0, 0.1) is 19.8 Å². The maximum Gasteiger partial charge on any atom is 0.410 e. The van der Waals surface area contributed by atoms with Crippen molar-refractivity contribution in [2.45, 2.75) is 71.1 Å². The number of nitrogens with zero attached hydrogens (tertiary/aromatic N) is 4. The predicted molar refractivity (Wildman–Crippen MR) is 110 cm³/mol. The lowest BCUT2D eigenvalue weighted by Crippen LogP contribution is -2.41. The molecule has 1 fully saturated rings. The normalized spacial score (nSPS) is 23.9. The van der Waals surface area contributed by atoms with Crippen molar-refractivity contribution < 1.29 is 18.0 Å².